The molecular formula is C11H21NO2S. The molecule has 4 heteroatoms. The van der Waals surface area contributed by atoms with E-state index in [1.165, 1.54) is 0 Å². The van der Waals surface area contributed by atoms with Crippen molar-refractivity contribution in [3.63, 3.8) is 0 Å². The van der Waals surface area contributed by atoms with Crippen molar-refractivity contribution < 1.29 is 9.90 Å². The maximum atomic E-state index is 11.4. The van der Waals surface area contributed by atoms with Gasteiger partial charge in [-0.05, 0) is 37.3 Å². The number of nitrogens with zero attached hydrogens (tertiary/aromatic N) is 1. The van der Waals surface area contributed by atoms with E-state index in [2.05, 4.69) is 13.8 Å². The highest BCUT2D eigenvalue weighted by atomic mass is 32.2. The third-order valence-electron chi connectivity index (χ3n) is 3.09. The lowest BCUT2D eigenvalue weighted by molar-refractivity contribution is -0.151. The van der Waals surface area contributed by atoms with Crippen LogP contribution >= 0.6 is 11.8 Å². The van der Waals surface area contributed by atoms with E-state index in [1.807, 2.05) is 23.7 Å². The SMILES string of the molecule is CC(C)CN(C)C1(C(=O)O)CCSCC1. The fraction of sp³-hybridized carbons (Fsp3) is 0.909. The summed E-state index contributed by atoms with van der Waals surface area (Å²) in [5.41, 5.74) is -0.602. The molecule has 0 aromatic carbocycles. The second-order valence-corrected chi connectivity index (χ2v) is 5.95. The Kier molecular flexibility index (Phi) is 4.46. The summed E-state index contributed by atoms with van der Waals surface area (Å²) in [5, 5.41) is 9.42. The van der Waals surface area contributed by atoms with Gasteiger partial charge in [-0.1, -0.05) is 13.8 Å². The molecule has 0 saturated carbocycles. The van der Waals surface area contributed by atoms with Gasteiger partial charge in [0.1, 0.15) is 5.54 Å². The Hall–Kier alpha value is -0.220. The van der Waals surface area contributed by atoms with Crippen LogP contribution in [-0.4, -0.2) is 46.6 Å². The lowest BCUT2D eigenvalue weighted by Crippen LogP contribution is -2.56. The summed E-state index contributed by atoms with van der Waals surface area (Å²) in [4.78, 5) is 13.5. The molecule has 0 aromatic rings. The molecule has 0 aromatic heterocycles. The van der Waals surface area contributed by atoms with E-state index in [-0.39, 0.29) is 0 Å². The molecule has 0 amide bonds. The van der Waals surface area contributed by atoms with Crippen molar-refractivity contribution in [2.45, 2.75) is 32.2 Å². The van der Waals surface area contributed by atoms with Crippen molar-refractivity contribution in [3.8, 4) is 0 Å². The Morgan fingerprint density at radius 1 is 1.47 bits per heavy atom. The molecular weight excluding hydrogens is 210 g/mol. The summed E-state index contributed by atoms with van der Waals surface area (Å²) >= 11 is 1.86. The molecule has 1 saturated heterocycles. The van der Waals surface area contributed by atoms with E-state index in [9.17, 15) is 9.90 Å². The van der Waals surface area contributed by atoms with Crippen molar-refractivity contribution in [2.24, 2.45) is 5.92 Å². The number of hydrogen-bond acceptors (Lipinski definition) is 3. The minimum Gasteiger partial charge on any atom is -0.480 e. The van der Waals surface area contributed by atoms with Gasteiger partial charge in [-0.25, -0.2) is 0 Å². The maximum absolute atomic E-state index is 11.4. The summed E-state index contributed by atoms with van der Waals surface area (Å²) in [5.74, 6) is 1.80. The molecule has 1 rings (SSSR count). The van der Waals surface area contributed by atoms with Gasteiger partial charge in [-0.2, -0.15) is 11.8 Å². The van der Waals surface area contributed by atoms with E-state index >= 15 is 0 Å². The number of carbonyl (C=O) groups is 1. The molecule has 0 aliphatic carbocycles. The highest BCUT2D eigenvalue weighted by molar-refractivity contribution is 7.99. The first-order chi connectivity index (χ1) is 6.99. The van der Waals surface area contributed by atoms with Crippen LogP contribution in [0.15, 0.2) is 0 Å². The van der Waals surface area contributed by atoms with Gasteiger partial charge in [0.05, 0.1) is 0 Å². The molecule has 1 N–H and O–H groups in total. The number of likely N-dealkylation sites (N-methyl/N-ethyl adjacent to an activating group) is 1. The Morgan fingerprint density at radius 3 is 2.40 bits per heavy atom. The number of thioether (sulfide) groups is 1. The zero-order valence-electron chi connectivity index (χ0n) is 9.82. The van der Waals surface area contributed by atoms with E-state index in [0.717, 1.165) is 30.9 Å². The first-order valence-electron chi connectivity index (χ1n) is 5.51. The van der Waals surface area contributed by atoms with Crippen molar-refractivity contribution >= 4 is 17.7 Å². The van der Waals surface area contributed by atoms with Gasteiger partial charge in [-0.3, -0.25) is 9.69 Å². The summed E-state index contributed by atoms with van der Waals surface area (Å²) in [6, 6.07) is 0. The molecule has 0 unspecified atom stereocenters. The van der Waals surface area contributed by atoms with Crippen molar-refractivity contribution in [3.05, 3.63) is 0 Å². The average molecular weight is 231 g/mol. The molecule has 0 radical (unpaired) electrons. The monoisotopic (exact) mass is 231 g/mol. The van der Waals surface area contributed by atoms with E-state index in [0.29, 0.717) is 5.92 Å². The third kappa shape index (κ3) is 2.88. The van der Waals surface area contributed by atoms with Crippen LogP contribution < -0.4 is 0 Å². The second-order valence-electron chi connectivity index (χ2n) is 4.72. The van der Waals surface area contributed by atoms with Crippen molar-refractivity contribution in [1.82, 2.24) is 4.90 Å². The van der Waals surface area contributed by atoms with Crippen LogP contribution in [0.2, 0.25) is 0 Å². The van der Waals surface area contributed by atoms with Gasteiger partial charge in [0, 0.05) is 6.54 Å². The van der Waals surface area contributed by atoms with Crippen LogP contribution in [0, 0.1) is 5.92 Å². The Balaban J connectivity index is 2.75. The normalized spacial score (nSPS) is 20.9. The van der Waals surface area contributed by atoms with Gasteiger partial charge < -0.3 is 5.11 Å². The molecule has 1 heterocycles. The van der Waals surface area contributed by atoms with Gasteiger partial charge in [-0.15, -0.1) is 0 Å². The predicted octanol–water partition coefficient (Wildman–Crippen LogP) is 1.92. The topological polar surface area (TPSA) is 40.5 Å². The molecule has 1 aliphatic rings. The third-order valence-corrected chi connectivity index (χ3v) is 4.07. The minimum atomic E-state index is -0.647. The van der Waals surface area contributed by atoms with Crippen LogP contribution in [0.4, 0.5) is 0 Å². The fourth-order valence-electron chi connectivity index (χ4n) is 2.19. The van der Waals surface area contributed by atoms with Gasteiger partial charge >= 0.3 is 5.97 Å². The van der Waals surface area contributed by atoms with E-state index < -0.39 is 11.5 Å². The predicted molar refractivity (Wildman–Crippen MR) is 64.4 cm³/mol. The van der Waals surface area contributed by atoms with E-state index in [1.54, 1.807) is 0 Å². The highest BCUT2D eigenvalue weighted by Crippen LogP contribution is 2.32. The molecule has 15 heavy (non-hydrogen) atoms. The zero-order chi connectivity index (χ0) is 11.5. The average Bonchev–Trinajstić information content (AvgIpc) is 2.17. The zero-order valence-corrected chi connectivity index (χ0v) is 10.6. The summed E-state index contributed by atoms with van der Waals surface area (Å²) in [7, 11) is 1.95. The quantitative estimate of drug-likeness (QED) is 0.802. The fourth-order valence-corrected chi connectivity index (χ4v) is 3.36. The molecule has 0 atom stereocenters. The van der Waals surface area contributed by atoms with Crippen LogP contribution in [-0.2, 0) is 4.79 Å². The Bertz CT molecular complexity index is 225. The number of rotatable bonds is 4. The maximum Gasteiger partial charge on any atom is 0.324 e. The van der Waals surface area contributed by atoms with Gasteiger partial charge in [0.15, 0.2) is 0 Å². The number of aliphatic carboxylic acids is 1. The number of carboxylic acids is 1. The number of carboxylic acid groups (broad SMARTS) is 1. The summed E-state index contributed by atoms with van der Waals surface area (Å²) in [6.45, 7) is 5.12. The van der Waals surface area contributed by atoms with Gasteiger partial charge in [0.2, 0.25) is 0 Å². The minimum absolute atomic E-state index is 0.515. The molecule has 0 bridgehead atoms. The van der Waals surface area contributed by atoms with Crippen molar-refractivity contribution in [1.29, 1.82) is 0 Å². The first-order valence-corrected chi connectivity index (χ1v) is 6.67. The molecule has 3 nitrogen and oxygen atoms in total. The lowest BCUT2D eigenvalue weighted by atomic mass is 9.90. The van der Waals surface area contributed by atoms with E-state index in [4.69, 9.17) is 0 Å². The van der Waals surface area contributed by atoms with Crippen LogP contribution in [0.3, 0.4) is 0 Å². The standard InChI is InChI=1S/C11H21NO2S/c1-9(2)8-12(3)11(10(13)14)4-6-15-7-5-11/h9H,4-8H2,1-3H3,(H,13,14). The Morgan fingerprint density at radius 2 is 2.00 bits per heavy atom. The molecule has 1 aliphatic heterocycles. The second kappa shape index (κ2) is 5.21. The molecule has 0 spiro atoms. The molecule has 88 valence electrons. The highest BCUT2D eigenvalue weighted by Gasteiger charge is 2.43. The molecule has 1 fully saturated rings. The van der Waals surface area contributed by atoms with Crippen molar-refractivity contribution in [2.75, 3.05) is 25.1 Å². The lowest BCUT2D eigenvalue weighted by Gasteiger charge is -2.41. The summed E-state index contributed by atoms with van der Waals surface area (Å²) in [6.07, 6.45) is 1.55. The first kappa shape index (κ1) is 12.8. The Labute approximate surface area is 96.2 Å². The summed E-state index contributed by atoms with van der Waals surface area (Å²) < 4.78 is 0. The van der Waals surface area contributed by atoms with Crippen LogP contribution in [0.1, 0.15) is 26.7 Å². The van der Waals surface area contributed by atoms with Crippen LogP contribution in [0.5, 0.6) is 0 Å². The number of hydrogen-bond donors (Lipinski definition) is 1. The largest absolute Gasteiger partial charge is 0.480 e. The smallest absolute Gasteiger partial charge is 0.324 e. The van der Waals surface area contributed by atoms with Crippen LogP contribution in [0.25, 0.3) is 0 Å². The van der Waals surface area contributed by atoms with Gasteiger partial charge in [0.25, 0.3) is 0 Å².